The summed E-state index contributed by atoms with van der Waals surface area (Å²) in [5.41, 5.74) is 5.18. The molecule has 3 rings (SSSR count). The summed E-state index contributed by atoms with van der Waals surface area (Å²) in [7, 11) is 3.03. The van der Waals surface area contributed by atoms with E-state index in [4.69, 9.17) is 14.2 Å². The number of methoxy groups -OCH3 is 2. The van der Waals surface area contributed by atoms with Crippen molar-refractivity contribution in [2.24, 2.45) is 5.10 Å². The van der Waals surface area contributed by atoms with Crippen LogP contribution in [0.3, 0.4) is 0 Å². The van der Waals surface area contributed by atoms with Crippen molar-refractivity contribution in [3.63, 3.8) is 0 Å². The van der Waals surface area contributed by atoms with Crippen LogP contribution in [0.25, 0.3) is 0 Å². The molecule has 178 valence electrons. The van der Waals surface area contributed by atoms with Crippen molar-refractivity contribution in [1.29, 1.82) is 0 Å². The number of nitrogens with zero attached hydrogens (tertiary/aromatic N) is 1. The molecule has 0 atom stereocenters. The molecule has 0 heterocycles. The Kier molecular flexibility index (Phi) is 8.08. The van der Waals surface area contributed by atoms with Gasteiger partial charge in [0.15, 0.2) is 23.1 Å². The molecule has 1 amide bonds. The van der Waals surface area contributed by atoms with Gasteiger partial charge in [0.25, 0.3) is 5.91 Å². The predicted molar refractivity (Wildman–Crippen MR) is 128 cm³/mol. The third-order valence-electron chi connectivity index (χ3n) is 5.10. The maximum Gasteiger partial charge on any atom is 0.271 e. The minimum absolute atomic E-state index is 0.0211. The van der Waals surface area contributed by atoms with Gasteiger partial charge < -0.3 is 19.3 Å². The van der Waals surface area contributed by atoms with E-state index >= 15 is 0 Å². The first kappa shape index (κ1) is 24.6. The zero-order chi connectivity index (χ0) is 24.7. The Labute approximate surface area is 197 Å². The van der Waals surface area contributed by atoms with E-state index in [-0.39, 0.29) is 5.56 Å². The zero-order valence-corrected chi connectivity index (χ0v) is 19.5. The number of phenolic OH excluding ortho intramolecular Hbond substituents is 1. The van der Waals surface area contributed by atoms with Gasteiger partial charge in [-0.3, -0.25) is 4.79 Å². The maximum absolute atomic E-state index is 13.4. The molecule has 0 fully saturated rings. The van der Waals surface area contributed by atoms with Gasteiger partial charge in [0.1, 0.15) is 6.61 Å². The smallest absolute Gasteiger partial charge is 0.271 e. The van der Waals surface area contributed by atoms with Crippen LogP contribution in [-0.4, -0.2) is 31.4 Å². The monoisotopic (exact) mass is 466 g/mol. The summed E-state index contributed by atoms with van der Waals surface area (Å²) in [5, 5.41) is 13.1. The fraction of sp³-hybridized carbons (Fsp3) is 0.231. The number of ether oxygens (including phenoxy) is 3. The first-order valence-corrected chi connectivity index (χ1v) is 10.6. The fourth-order valence-electron chi connectivity index (χ4n) is 3.15. The normalized spacial score (nSPS) is 11.0. The van der Waals surface area contributed by atoms with Gasteiger partial charge in [0.05, 0.1) is 20.4 Å². The van der Waals surface area contributed by atoms with Crippen LogP contribution >= 0.6 is 0 Å². The number of halogens is 1. The standard InChI is InChI=1S/C26H27FN2O5/c1-16(2)19-7-5-17(6-8-19)15-34-25-23(32-3)11-18(12-24(25)33-4)14-28-29-26(31)20-9-10-22(30)21(27)13-20/h5-14,16,30H,15H2,1-4H3,(H,29,31)/b28-14+. The predicted octanol–water partition coefficient (Wildman–Crippen LogP) is 5.01. The van der Waals surface area contributed by atoms with Crippen LogP contribution in [-0.2, 0) is 6.61 Å². The molecule has 0 spiro atoms. The van der Waals surface area contributed by atoms with Gasteiger partial charge in [0, 0.05) is 11.1 Å². The number of hydrazone groups is 1. The SMILES string of the molecule is COc1cc(/C=N/NC(=O)c2ccc(O)c(F)c2)cc(OC)c1OCc1ccc(C(C)C)cc1. The topological polar surface area (TPSA) is 89.4 Å². The largest absolute Gasteiger partial charge is 0.505 e. The number of amides is 1. The average molecular weight is 467 g/mol. The van der Waals surface area contributed by atoms with Gasteiger partial charge in [-0.1, -0.05) is 38.1 Å². The number of hydrogen-bond donors (Lipinski definition) is 2. The van der Waals surface area contributed by atoms with E-state index in [1.165, 1.54) is 32.1 Å². The van der Waals surface area contributed by atoms with E-state index in [1.54, 1.807) is 12.1 Å². The fourth-order valence-corrected chi connectivity index (χ4v) is 3.15. The van der Waals surface area contributed by atoms with E-state index < -0.39 is 17.5 Å². The van der Waals surface area contributed by atoms with Crippen LogP contribution in [0.1, 0.15) is 46.8 Å². The Morgan fingerprint density at radius 2 is 1.71 bits per heavy atom. The van der Waals surface area contributed by atoms with Gasteiger partial charge in [-0.2, -0.15) is 5.10 Å². The highest BCUT2D eigenvalue weighted by atomic mass is 19.1. The molecule has 0 radical (unpaired) electrons. The zero-order valence-electron chi connectivity index (χ0n) is 19.5. The summed E-state index contributed by atoms with van der Waals surface area (Å²) < 4.78 is 30.4. The summed E-state index contributed by atoms with van der Waals surface area (Å²) in [5.74, 6) is -0.280. The van der Waals surface area contributed by atoms with Crippen molar-refractivity contribution < 1.29 is 28.5 Å². The minimum Gasteiger partial charge on any atom is -0.505 e. The van der Waals surface area contributed by atoms with Crippen molar-refractivity contribution in [2.75, 3.05) is 14.2 Å². The second kappa shape index (κ2) is 11.2. The molecule has 0 bridgehead atoms. The summed E-state index contributed by atoms with van der Waals surface area (Å²) >= 11 is 0. The van der Waals surface area contributed by atoms with Crippen LogP contribution in [0.15, 0.2) is 59.7 Å². The van der Waals surface area contributed by atoms with E-state index in [9.17, 15) is 14.3 Å². The van der Waals surface area contributed by atoms with Crippen molar-refractivity contribution >= 4 is 12.1 Å². The highest BCUT2D eigenvalue weighted by Crippen LogP contribution is 2.38. The second-order valence-corrected chi connectivity index (χ2v) is 7.80. The number of phenols is 1. The number of aromatic hydroxyl groups is 1. The first-order chi connectivity index (χ1) is 16.3. The molecular weight excluding hydrogens is 439 g/mol. The molecule has 34 heavy (non-hydrogen) atoms. The molecular formula is C26H27FN2O5. The second-order valence-electron chi connectivity index (χ2n) is 7.80. The van der Waals surface area contributed by atoms with Gasteiger partial charge in [-0.15, -0.1) is 0 Å². The molecule has 3 aromatic rings. The Balaban J connectivity index is 1.72. The maximum atomic E-state index is 13.4. The summed E-state index contributed by atoms with van der Waals surface area (Å²) in [6.07, 6.45) is 1.40. The molecule has 0 aromatic heterocycles. The van der Waals surface area contributed by atoms with Crippen molar-refractivity contribution in [2.45, 2.75) is 26.4 Å². The Bertz CT molecular complexity index is 1150. The van der Waals surface area contributed by atoms with Crippen LogP contribution in [0.2, 0.25) is 0 Å². The van der Waals surface area contributed by atoms with Gasteiger partial charge in [-0.25, -0.2) is 9.82 Å². The molecule has 0 aliphatic rings. The van der Waals surface area contributed by atoms with Crippen molar-refractivity contribution in [1.82, 2.24) is 5.43 Å². The Hall–Kier alpha value is -4.07. The number of benzene rings is 3. The molecule has 2 N–H and O–H groups in total. The van der Waals surface area contributed by atoms with Crippen LogP contribution in [0.5, 0.6) is 23.0 Å². The molecule has 0 saturated heterocycles. The van der Waals surface area contributed by atoms with Crippen molar-refractivity contribution in [3.8, 4) is 23.0 Å². The molecule has 7 nitrogen and oxygen atoms in total. The van der Waals surface area contributed by atoms with E-state index in [0.717, 1.165) is 17.7 Å². The quantitative estimate of drug-likeness (QED) is 0.342. The van der Waals surface area contributed by atoms with Crippen LogP contribution in [0.4, 0.5) is 4.39 Å². The van der Waals surface area contributed by atoms with Gasteiger partial charge in [-0.05, 0) is 47.4 Å². The number of carbonyl (C=O) groups is 1. The number of hydrogen-bond acceptors (Lipinski definition) is 6. The first-order valence-electron chi connectivity index (χ1n) is 10.6. The summed E-state index contributed by atoms with van der Waals surface area (Å²) in [6, 6.07) is 14.9. The number of nitrogens with one attached hydrogen (secondary N) is 1. The average Bonchev–Trinajstić information content (AvgIpc) is 2.84. The van der Waals surface area contributed by atoms with Crippen molar-refractivity contribution in [3.05, 3.63) is 82.7 Å². The Morgan fingerprint density at radius 1 is 1.06 bits per heavy atom. The molecule has 0 unspecified atom stereocenters. The third-order valence-corrected chi connectivity index (χ3v) is 5.10. The number of rotatable bonds is 9. The van der Waals surface area contributed by atoms with Crippen LogP contribution in [0, 0.1) is 5.82 Å². The Morgan fingerprint density at radius 3 is 2.26 bits per heavy atom. The molecule has 0 aliphatic heterocycles. The highest BCUT2D eigenvalue weighted by molar-refractivity contribution is 5.95. The van der Waals surface area contributed by atoms with Gasteiger partial charge in [0.2, 0.25) is 5.75 Å². The molecule has 3 aromatic carbocycles. The van der Waals surface area contributed by atoms with Gasteiger partial charge >= 0.3 is 0 Å². The molecule has 0 aliphatic carbocycles. The lowest BCUT2D eigenvalue weighted by Crippen LogP contribution is -2.17. The minimum atomic E-state index is -0.891. The molecule has 0 saturated carbocycles. The molecule has 8 heteroatoms. The number of carbonyl (C=O) groups excluding carboxylic acids is 1. The summed E-state index contributed by atoms with van der Waals surface area (Å²) in [4.78, 5) is 12.1. The van der Waals surface area contributed by atoms with E-state index in [0.29, 0.717) is 35.3 Å². The highest BCUT2D eigenvalue weighted by Gasteiger charge is 2.15. The lowest BCUT2D eigenvalue weighted by molar-refractivity contribution is 0.0954. The summed E-state index contributed by atoms with van der Waals surface area (Å²) in [6.45, 7) is 4.62. The lowest BCUT2D eigenvalue weighted by Gasteiger charge is -2.15. The van der Waals surface area contributed by atoms with E-state index in [1.807, 2.05) is 12.1 Å². The lowest BCUT2D eigenvalue weighted by atomic mass is 10.0. The van der Waals surface area contributed by atoms with Crippen LogP contribution < -0.4 is 19.6 Å². The third kappa shape index (κ3) is 6.04. The van der Waals surface area contributed by atoms with E-state index in [2.05, 4.69) is 36.5 Å².